The van der Waals surface area contributed by atoms with Crippen LogP contribution in [0.15, 0.2) is 10.9 Å². The standard InChI is InChI=1S/C14H25N3O2S/c1-10(2)19-7-5-6-15-14-16-12(8-13(18)17-14)9-20-11(3)4/h8,10-11H,5-7,9H2,1-4H3,(H2,15,16,17,18). The van der Waals surface area contributed by atoms with Gasteiger partial charge in [-0.05, 0) is 25.5 Å². The van der Waals surface area contributed by atoms with Gasteiger partial charge >= 0.3 is 0 Å². The van der Waals surface area contributed by atoms with Gasteiger partial charge in [0.15, 0.2) is 0 Å². The summed E-state index contributed by atoms with van der Waals surface area (Å²) in [6.45, 7) is 9.73. The molecule has 0 unspecified atom stereocenters. The topological polar surface area (TPSA) is 67.0 Å². The number of anilines is 1. The minimum atomic E-state index is -0.111. The SMILES string of the molecule is CC(C)OCCCNc1nc(CSC(C)C)cc(=O)[nH]1. The quantitative estimate of drug-likeness (QED) is 0.686. The molecule has 1 aromatic heterocycles. The highest BCUT2D eigenvalue weighted by molar-refractivity contribution is 7.99. The van der Waals surface area contributed by atoms with E-state index in [-0.39, 0.29) is 11.7 Å². The Labute approximate surface area is 124 Å². The summed E-state index contributed by atoms with van der Waals surface area (Å²) >= 11 is 1.77. The average Bonchev–Trinajstić information content (AvgIpc) is 2.35. The summed E-state index contributed by atoms with van der Waals surface area (Å²) in [5.41, 5.74) is 0.702. The predicted molar refractivity (Wildman–Crippen MR) is 85.5 cm³/mol. The van der Waals surface area contributed by atoms with Gasteiger partial charge in [-0.25, -0.2) is 4.98 Å². The third-order valence-corrected chi connectivity index (χ3v) is 3.55. The van der Waals surface area contributed by atoms with Crippen LogP contribution in [-0.4, -0.2) is 34.5 Å². The van der Waals surface area contributed by atoms with E-state index in [9.17, 15) is 4.79 Å². The smallest absolute Gasteiger partial charge is 0.252 e. The van der Waals surface area contributed by atoms with Gasteiger partial charge in [-0.1, -0.05) is 13.8 Å². The normalized spacial score (nSPS) is 11.3. The number of hydrogen-bond acceptors (Lipinski definition) is 5. The molecule has 0 aliphatic rings. The first-order valence-electron chi connectivity index (χ1n) is 7.04. The van der Waals surface area contributed by atoms with Gasteiger partial charge in [0.05, 0.1) is 11.8 Å². The second kappa shape index (κ2) is 9.02. The molecule has 20 heavy (non-hydrogen) atoms. The molecule has 0 spiro atoms. The number of aromatic nitrogens is 2. The van der Waals surface area contributed by atoms with Crippen molar-refractivity contribution in [2.75, 3.05) is 18.5 Å². The van der Waals surface area contributed by atoms with Crippen LogP contribution in [0.4, 0.5) is 5.95 Å². The highest BCUT2D eigenvalue weighted by Crippen LogP contribution is 2.15. The van der Waals surface area contributed by atoms with Crippen LogP contribution in [0.1, 0.15) is 39.8 Å². The molecule has 0 aliphatic carbocycles. The van der Waals surface area contributed by atoms with Crippen molar-refractivity contribution < 1.29 is 4.74 Å². The number of nitrogens with zero attached hydrogens (tertiary/aromatic N) is 1. The van der Waals surface area contributed by atoms with Crippen molar-refractivity contribution in [3.05, 3.63) is 22.1 Å². The van der Waals surface area contributed by atoms with Crippen molar-refractivity contribution in [3.63, 3.8) is 0 Å². The zero-order valence-electron chi connectivity index (χ0n) is 12.7. The van der Waals surface area contributed by atoms with Crippen LogP contribution in [0, 0.1) is 0 Å². The second-order valence-electron chi connectivity index (χ2n) is 5.14. The van der Waals surface area contributed by atoms with Gasteiger partial charge in [0.25, 0.3) is 5.56 Å². The Morgan fingerprint density at radius 3 is 2.80 bits per heavy atom. The van der Waals surface area contributed by atoms with Crippen molar-refractivity contribution >= 4 is 17.7 Å². The first kappa shape index (κ1) is 17.0. The summed E-state index contributed by atoms with van der Waals surface area (Å²) in [5.74, 6) is 1.30. The molecule has 114 valence electrons. The summed E-state index contributed by atoms with van der Waals surface area (Å²) in [4.78, 5) is 18.7. The number of thioether (sulfide) groups is 1. The molecule has 0 aromatic carbocycles. The number of H-pyrrole nitrogens is 1. The molecule has 6 heteroatoms. The maximum Gasteiger partial charge on any atom is 0.252 e. The number of ether oxygens (including phenoxy) is 1. The van der Waals surface area contributed by atoms with E-state index in [2.05, 4.69) is 29.1 Å². The van der Waals surface area contributed by atoms with Gasteiger partial charge in [0, 0.05) is 25.0 Å². The van der Waals surface area contributed by atoms with E-state index >= 15 is 0 Å². The van der Waals surface area contributed by atoms with Gasteiger partial charge in [-0.2, -0.15) is 11.8 Å². The Balaban J connectivity index is 2.43. The minimum Gasteiger partial charge on any atom is -0.379 e. The monoisotopic (exact) mass is 299 g/mol. The van der Waals surface area contributed by atoms with Crippen LogP contribution in [0.25, 0.3) is 0 Å². The number of aromatic amines is 1. The molecule has 5 nitrogen and oxygen atoms in total. The van der Waals surface area contributed by atoms with Crippen molar-refractivity contribution in [1.82, 2.24) is 9.97 Å². The predicted octanol–water partition coefficient (Wildman–Crippen LogP) is 2.64. The van der Waals surface area contributed by atoms with E-state index in [0.717, 1.165) is 24.4 Å². The molecule has 0 bridgehead atoms. The fourth-order valence-corrected chi connectivity index (χ4v) is 2.17. The summed E-state index contributed by atoms with van der Waals surface area (Å²) in [6, 6.07) is 1.56. The molecule has 2 N–H and O–H groups in total. The summed E-state index contributed by atoms with van der Waals surface area (Å²) < 4.78 is 5.46. The molecular weight excluding hydrogens is 274 g/mol. The van der Waals surface area contributed by atoms with Crippen LogP contribution in [-0.2, 0) is 10.5 Å². The lowest BCUT2D eigenvalue weighted by Crippen LogP contribution is -2.16. The average molecular weight is 299 g/mol. The van der Waals surface area contributed by atoms with Crippen molar-refractivity contribution in [2.24, 2.45) is 0 Å². The molecule has 1 aromatic rings. The molecule has 0 atom stereocenters. The molecule has 0 saturated heterocycles. The molecular formula is C14H25N3O2S. The first-order chi connectivity index (χ1) is 9.47. The van der Waals surface area contributed by atoms with Crippen LogP contribution in [0.5, 0.6) is 0 Å². The number of rotatable bonds is 9. The first-order valence-corrected chi connectivity index (χ1v) is 8.09. The maximum absolute atomic E-state index is 11.6. The lowest BCUT2D eigenvalue weighted by molar-refractivity contribution is 0.0787. The van der Waals surface area contributed by atoms with E-state index in [1.807, 2.05) is 13.8 Å². The van der Waals surface area contributed by atoms with Crippen molar-refractivity contribution in [2.45, 2.75) is 51.2 Å². The van der Waals surface area contributed by atoms with E-state index in [0.29, 0.717) is 17.8 Å². The van der Waals surface area contributed by atoms with Gasteiger partial charge in [0.1, 0.15) is 0 Å². The van der Waals surface area contributed by atoms with E-state index in [4.69, 9.17) is 4.74 Å². The van der Waals surface area contributed by atoms with E-state index < -0.39 is 0 Å². The van der Waals surface area contributed by atoms with Crippen LogP contribution >= 0.6 is 11.8 Å². The second-order valence-corrected chi connectivity index (χ2v) is 6.71. The minimum absolute atomic E-state index is 0.111. The van der Waals surface area contributed by atoms with E-state index in [1.165, 1.54) is 0 Å². The maximum atomic E-state index is 11.6. The van der Waals surface area contributed by atoms with Gasteiger partial charge in [-0.3, -0.25) is 9.78 Å². The van der Waals surface area contributed by atoms with Crippen molar-refractivity contribution in [3.8, 4) is 0 Å². The zero-order valence-corrected chi connectivity index (χ0v) is 13.5. The Morgan fingerprint density at radius 1 is 1.40 bits per heavy atom. The molecule has 0 amide bonds. The highest BCUT2D eigenvalue weighted by Gasteiger charge is 2.03. The Kier molecular flexibility index (Phi) is 7.69. The third kappa shape index (κ3) is 7.55. The van der Waals surface area contributed by atoms with Crippen LogP contribution in [0.3, 0.4) is 0 Å². The molecule has 1 rings (SSSR count). The summed E-state index contributed by atoms with van der Waals surface area (Å²) in [6.07, 6.45) is 1.14. The fraction of sp³-hybridized carbons (Fsp3) is 0.714. The van der Waals surface area contributed by atoms with E-state index in [1.54, 1.807) is 17.8 Å². The lowest BCUT2D eigenvalue weighted by Gasteiger charge is -2.09. The Morgan fingerprint density at radius 2 is 2.15 bits per heavy atom. The summed E-state index contributed by atoms with van der Waals surface area (Å²) in [5, 5.41) is 3.66. The van der Waals surface area contributed by atoms with Gasteiger partial charge < -0.3 is 10.1 Å². The van der Waals surface area contributed by atoms with Crippen LogP contribution < -0.4 is 10.9 Å². The zero-order chi connectivity index (χ0) is 15.0. The number of nitrogens with one attached hydrogen (secondary N) is 2. The number of hydrogen-bond donors (Lipinski definition) is 2. The molecule has 0 aliphatic heterocycles. The summed E-state index contributed by atoms with van der Waals surface area (Å²) in [7, 11) is 0. The highest BCUT2D eigenvalue weighted by atomic mass is 32.2. The largest absolute Gasteiger partial charge is 0.379 e. The van der Waals surface area contributed by atoms with Crippen molar-refractivity contribution in [1.29, 1.82) is 0 Å². The molecule has 0 saturated carbocycles. The molecule has 0 fully saturated rings. The van der Waals surface area contributed by atoms with Gasteiger partial charge in [0.2, 0.25) is 5.95 Å². The Bertz CT molecular complexity index is 446. The molecule has 1 heterocycles. The Hall–Kier alpha value is -1.01. The van der Waals surface area contributed by atoms with Gasteiger partial charge in [-0.15, -0.1) is 0 Å². The van der Waals surface area contributed by atoms with Crippen LogP contribution in [0.2, 0.25) is 0 Å². The molecule has 0 radical (unpaired) electrons. The lowest BCUT2D eigenvalue weighted by atomic mass is 10.4. The third-order valence-electron chi connectivity index (χ3n) is 2.42. The fourth-order valence-electron chi connectivity index (χ4n) is 1.52.